The molecule has 5 heteroatoms. The lowest BCUT2D eigenvalue weighted by atomic mass is 10.1. The topological polar surface area (TPSA) is 38.1 Å². The molecule has 0 atom stereocenters. The van der Waals surface area contributed by atoms with Gasteiger partial charge in [-0.3, -0.25) is 4.79 Å². The summed E-state index contributed by atoms with van der Waals surface area (Å²) >= 11 is 1.63. The van der Waals surface area contributed by atoms with Crippen molar-refractivity contribution in [3.63, 3.8) is 0 Å². The second-order valence-corrected chi connectivity index (χ2v) is 7.22. The molecule has 122 valence electrons. The Hall–Kier alpha value is -2.40. The predicted octanol–water partition coefficient (Wildman–Crippen LogP) is 4.05. The van der Waals surface area contributed by atoms with Gasteiger partial charge in [-0.2, -0.15) is 0 Å². The third kappa shape index (κ3) is 3.12. The predicted molar refractivity (Wildman–Crippen MR) is 95.5 cm³/mol. The maximum absolute atomic E-state index is 12.9. The van der Waals surface area contributed by atoms with Crippen molar-refractivity contribution in [2.75, 3.05) is 0 Å². The number of benzene rings is 1. The molecule has 24 heavy (non-hydrogen) atoms. The van der Waals surface area contributed by atoms with Gasteiger partial charge < -0.3 is 9.47 Å². The van der Waals surface area contributed by atoms with E-state index in [0.29, 0.717) is 12.6 Å². The molecule has 0 spiro atoms. The van der Waals surface area contributed by atoms with Crippen LogP contribution >= 0.6 is 11.3 Å². The summed E-state index contributed by atoms with van der Waals surface area (Å²) in [6.07, 6.45) is 6.18. The molecule has 1 fully saturated rings. The van der Waals surface area contributed by atoms with Crippen LogP contribution in [0.3, 0.4) is 0 Å². The summed E-state index contributed by atoms with van der Waals surface area (Å²) in [5.74, 6) is 0.0993. The van der Waals surface area contributed by atoms with Crippen molar-refractivity contribution in [3.8, 4) is 5.69 Å². The molecular formula is C19H19N3OS. The summed E-state index contributed by atoms with van der Waals surface area (Å²) in [6.45, 7) is 2.60. The highest BCUT2D eigenvalue weighted by atomic mass is 32.1. The van der Waals surface area contributed by atoms with Crippen molar-refractivity contribution in [2.24, 2.45) is 0 Å². The lowest BCUT2D eigenvalue weighted by Crippen LogP contribution is -2.32. The van der Waals surface area contributed by atoms with Crippen molar-refractivity contribution in [1.82, 2.24) is 14.5 Å². The van der Waals surface area contributed by atoms with Crippen molar-refractivity contribution in [2.45, 2.75) is 32.4 Å². The van der Waals surface area contributed by atoms with Gasteiger partial charge in [-0.1, -0.05) is 0 Å². The van der Waals surface area contributed by atoms with Crippen molar-refractivity contribution >= 4 is 17.2 Å². The number of hydrogen-bond acceptors (Lipinski definition) is 3. The molecule has 1 saturated carbocycles. The van der Waals surface area contributed by atoms with Gasteiger partial charge in [0.1, 0.15) is 0 Å². The van der Waals surface area contributed by atoms with E-state index in [1.165, 1.54) is 0 Å². The molecule has 3 aromatic rings. The molecule has 1 aromatic carbocycles. The van der Waals surface area contributed by atoms with Crippen molar-refractivity contribution in [1.29, 1.82) is 0 Å². The maximum Gasteiger partial charge on any atom is 0.254 e. The number of hydrogen-bond donors (Lipinski definition) is 0. The molecule has 0 saturated heterocycles. The van der Waals surface area contributed by atoms with Gasteiger partial charge in [0.25, 0.3) is 5.91 Å². The fourth-order valence-corrected chi connectivity index (χ4v) is 3.46. The van der Waals surface area contributed by atoms with Crippen LogP contribution in [-0.4, -0.2) is 26.4 Å². The number of amides is 1. The fourth-order valence-electron chi connectivity index (χ4n) is 2.86. The first-order chi connectivity index (χ1) is 11.7. The Morgan fingerprint density at radius 1 is 1.25 bits per heavy atom. The number of aryl methyl sites for hydroxylation is 1. The standard InChI is InChI=1S/C19H19N3OS/c1-14-20-16(13-24-14)12-22(18-8-9-18)19(23)15-4-6-17(7-5-15)21-10-2-3-11-21/h2-7,10-11,13,18H,8-9,12H2,1H3. The van der Waals surface area contributed by atoms with Gasteiger partial charge in [0.15, 0.2) is 0 Å². The number of rotatable bonds is 5. The highest BCUT2D eigenvalue weighted by molar-refractivity contribution is 7.09. The van der Waals surface area contributed by atoms with E-state index in [4.69, 9.17) is 0 Å². The maximum atomic E-state index is 12.9. The van der Waals surface area contributed by atoms with E-state index < -0.39 is 0 Å². The van der Waals surface area contributed by atoms with Crippen molar-refractivity contribution in [3.05, 3.63) is 70.4 Å². The second-order valence-electron chi connectivity index (χ2n) is 6.16. The van der Waals surface area contributed by atoms with Crippen LogP contribution in [0.15, 0.2) is 54.2 Å². The molecule has 2 aromatic heterocycles. The highest BCUT2D eigenvalue weighted by Gasteiger charge is 2.33. The summed E-state index contributed by atoms with van der Waals surface area (Å²) in [4.78, 5) is 19.4. The van der Waals surface area contributed by atoms with E-state index in [1.54, 1.807) is 11.3 Å². The number of thiazole rings is 1. The smallest absolute Gasteiger partial charge is 0.254 e. The zero-order chi connectivity index (χ0) is 16.5. The van der Waals surface area contributed by atoms with Gasteiger partial charge >= 0.3 is 0 Å². The van der Waals surface area contributed by atoms with E-state index in [-0.39, 0.29) is 5.91 Å². The van der Waals surface area contributed by atoms with Crippen LogP contribution in [0.5, 0.6) is 0 Å². The minimum Gasteiger partial charge on any atom is -0.330 e. The second kappa shape index (κ2) is 6.24. The molecule has 1 aliphatic rings. The third-order valence-corrected chi connectivity index (χ3v) is 5.09. The zero-order valence-corrected chi connectivity index (χ0v) is 14.4. The summed E-state index contributed by atoms with van der Waals surface area (Å²) in [5.41, 5.74) is 2.79. The molecule has 4 nitrogen and oxygen atoms in total. The molecule has 1 aliphatic carbocycles. The van der Waals surface area contributed by atoms with Gasteiger partial charge in [-0.05, 0) is 56.2 Å². The minimum atomic E-state index is 0.0993. The van der Waals surface area contributed by atoms with E-state index in [2.05, 4.69) is 4.98 Å². The molecule has 0 aliphatic heterocycles. The van der Waals surface area contributed by atoms with Crippen molar-refractivity contribution < 1.29 is 4.79 Å². The molecule has 4 rings (SSSR count). The highest BCUT2D eigenvalue weighted by Crippen LogP contribution is 2.30. The summed E-state index contributed by atoms with van der Waals surface area (Å²) in [5, 5.41) is 3.09. The van der Waals surface area contributed by atoms with E-state index in [0.717, 1.165) is 34.8 Å². The Labute approximate surface area is 145 Å². The minimum absolute atomic E-state index is 0.0993. The first-order valence-electron chi connectivity index (χ1n) is 8.16. The number of nitrogens with zero attached hydrogens (tertiary/aromatic N) is 3. The first kappa shape index (κ1) is 15.1. The van der Waals surface area contributed by atoms with Crippen LogP contribution in [0.4, 0.5) is 0 Å². The van der Waals surface area contributed by atoms with Gasteiger partial charge in [0, 0.05) is 35.1 Å². The molecule has 0 radical (unpaired) electrons. The molecule has 2 heterocycles. The van der Waals surface area contributed by atoms with Crippen LogP contribution in [0.25, 0.3) is 5.69 Å². The van der Waals surface area contributed by atoms with E-state index >= 15 is 0 Å². The lowest BCUT2D eigenvalue weighted by molar-refractivity contribution is 0.0728. The Bertz CT molecular complexity index is 832. The van der Waals surface area contributed by atoms with Crippen LogP contribution < -0.4 is 0 Å². The number of aromatic nitrogens is 2. The Morgan fingerprint density at radius 3 is 2.54 bits per heavy atom. The van der Waals surface area contributed by atoms with Gasteiger partial charge in [-0.15, -0.1) is 11.3 Å². The van der Waals surface area contributed by atoms with Crippen LogP contribution in [-0.2, 0) is 6.54 Å². The van der Waals surface area contributed by atoms with Crippen LogP contribution in [0, 0.1) is 6.92 Å². The number of carbonyl (C=O) groups excluding carboxylic acids is 1. The molecule has 0 bridgehead atoms. The Morgan fingerprint density at radius 2 is 1.96 bits per heavy atom. The summed E-state index contributed by atoms with van der Waals surface area (Å²) in [6, 6.07) is 12.2. The monoisotopic (exact) mass is 337 g/mol. The summed E-state index contributed by atoms with van der Waals surface area (Å²) in [7, 11) is 0. The third-order valence-electron chi connectivity index (χ3n) is 4.26. The average Bonchev–Trinajstić information content (AvgIpc) is 3.12. The Kier molecular flexibility index (Phi) is 3.94. The normalized spacial score (nSPS) is 13.9. The van der Waals surface area contributed by atoms with E-state index in [1.807, 2.05) is 70.6 Å². The molecular weight excluding hydrogens is 318 g/mol. The molecule has 0 N–H and O–H groups in total. The first-order valence-corrected chi connectivity index (χ1v) is 9.04. The number of carbonyl (C=O) groups is 1. The van der Waals surface area contributed by atoms with Crippen LogP contribution in [0.1, 0.15) is 33.9 Å². The van der Waals surface area contributed by atoms with E-state index in [9.17, 15) is 4.79 Å². The van der Waals surface area contributed by atoms with Crippen LogP contribution in [0.2, 0.25) is 0 Å². The quantitative estimate of drug-likeness (QED) is 0.704. The average molecular weight is 337 g/mol. The lowest BCUT2D eigenvalue weighted by Gasteiger charge is -2.21. The van der Waals surface area contributed by atoms with Gasteiger partial charge in [0.2, 0.25) is 0 Å². The van der Waals surface area contributed by atoms with Gasteiger partial charge in [0.05, 0.1) is 17.2 Å². The van der Waals surface area contributed by atoms with Gasteiger partial charge in [-0.25, -0.2) is 4.98 Å². The molecule has 0 unspecified atom stereocenters. The zero-order valence-electron chi connectivity index (χ0n) is 13.6. The fraction of sp³-hybridized carbons (Fsp3) is 0.263. The molecule has 1 amide bonds. The SMILES string of the molecule is Cc1nc(CN(C(=O)c2ccc(-n3cccc3)cc2)C2CC2)cs1. The largest absolute Gasteiger partial charge is 0.330 e. The summed E-state index contributed by atoms with van der Waals surface area (Å²) < 4.78 is 2.03. The Balaban J connectivity index is 1.54.